The van der Waals surface area contributed by atoms with Crippen molar-refractivity contribution >= 4 is 29.2 Å². The third kappa shape index (κ3) is 4.41. The van der Waals surface area contributed by atoms with E-state index in [1.165, 1.54) is 6.20 Å². The Morgan fingerprint density at radius 2 is 1.92 bits per heavy atom. The van der Waals surface area contributed by atoms with E-state index in [1.54, 1.807) is 17.0 Å². The summed E-state index contributed by atoms with van der Waals surface area (Å²) >= 11 is 5.81. The number of rotatable bonds is 3. The lowest BCUT2D eigenvalue weighted by Crippen LogP contribution is -2.43. The third-order valence-corrected chi connectivity index (χ3v) is 4.75. The van der Waals surface area contributed by atoms with Gasteiger partial charge in [0.05, 0.1) is 10.9 Å². The zero-order chi connectivity index (χ0) is 18.7. The number of aryl methyl sites for hydroxylation is 2. The molecule has 2 aromatic rings. The van der Waals surface area contributed by atoms with Gasteiger partial charge < -0.3 is 10.2 Å². The second-order valence-electron chi connectivity index (χ2n) is 6.82. The Balaban J connectivity index is 1.67. The lowest BCUT2D eigenvalue weighted by atomic mass is 9.96. The summed E-state index contributed by atoms with van der Waals surface area (Å²) in [5.74, 6) is 0.102. The van der Waals surface area contributed by atoms with Crippen LogP contribution < -0.4 is 5.32 Å². The van der Waals surface area contributed by atoms with E-state index in [9.17, 15) is 9.59 Å². The van der Waals surface area contributed by atoms with Gasteiger partial charge in [-0.2, -0.15) is 0 Å². The zero-order valence-electron chi connectivity index (χ0n) is 15.0. The van der Waals surface area contributed by atoms with Crippen LogP contribution in [-0.4, -0.2) is 34.8 Å². The molecule has 1 fully saturated rings. The topological polar surface area (TPSA) is 62.3 Å². The highest BCUT2D eigenvalue weighted by Crippen LogP contribution is 2.21. The van der Waals surface area contributed by atoms with Crippen LogP contribution in [0.3, 0.4) is 0 Å². The van der Waals surface area contributed by atoms with E-state index in [0.29, 0.717) is 29.5 Å². The molecule has 0 aliphatic carbocycles. The van der Waals surface area contributed by atoms with Gasteiger partial charge in [0.15, 0.2) is 0 Å². The zero-order valence-corrected chi connectivity index (χ0v) is 15.7. The molecule has 5 nitrogen and oxygen atoms in total. The fraction of sp³-hybridized carbons (Fsp3) is 0.350. The van der Waals surface area contributed by atoms with Crippen molar-refractivity contribution in [3.8, 4) is 0 Å². The number of nitrogens with zero attached hydrogens (tertiary/aromatic N) is 2. The number of hydrogen-bond donors (Lipinski definition) is 1. The quantitative estimate of drug-likeness (QED) is 0.891. The smallest absolute Gasteiger partial charge is 0.253 e. The van der Waals surface area contributed by atoms with E-state index in [0.717, 1.165) is 24.0 Å². The monoisotopic (exact) mass is 371 g/mol. The van der Waals surface area contributed by atoms with E-state index >= 15 is 0 Å². The lowest BCUT2D eigenvalue weighted by Gasteiger charge is -2.32. The number of piperidine rings is 1. The molecule has 3 rings (SSSR count). The first kappa shape index (κ1) is 18.4. The van der Waals surface area contributed by atoms with Gasteiger partial charge in [-0.3, -0.25) is 9.59 Å². The van der Waals surface area contributed by atoms with Gasteiger partial charge in [0.2, 0.25) is 5.91 Å². The largest absolute Gasteiger partial charge is 0.338 e. The van der Waals surface area contributed by atoms with Gasteiger partial charge in [-0.1, -0.05) is 28.8 Å². The van der Waals surface area contributed by atoms with Crippen molar-refractivity contribution in [1.29, 1.82) is 0 Å². The standard InChI is InChI=1S/C20H22ClN3O2/c1-13-8-14(2)10-16(9-13)20(26)24-7-3-4-15(12-24)19(25)23-18-6-5-17(21)11-22-18/h5-6,8-11,15H,3-4,7,12H2,1-2H3,(H,22,23,25)/t15-/m1/s1. The Hall–Kier alpha value is -2.40. The second kappa shape index (κ2) is 7.87. The van der Waals surface area contributed by atoms with Gasteiger partial charge in [0, 0.05) is 24.8 Å². The van der Waals surface area contributed by atoms with Crippen LogP contribution in [0.15, 0.2) is 36.5 Å². The van der Waals surface area contributed by atoms with Crippen LogP contribution >= 0.6 is 11.6 Å². The van der Waals surface area contributed by atoms with Crippen molar-refractivity contribution in [1.82, 2.24) is 9.88 Å². The van der Waals surface area contributed by atoms with Crippen LogP contribution in [0.2, 0.25) is 5.02 Å². The highest BCUT2D eigenvalue weighted by Gasteiger charge is 2.29. The predicted molar refractivity (Wildman–Crippen MR) is 102 cm³/mol. The van der Waals surface area contributed by atoms with E-state index in [-0.39, 0.29) is 17.7 Å². The molecule has 1 aliphatic rings. The number of benzene rings is 1. The van der Waals surface area contributed by atoms with Crippen LogP contribution in [0, 0.1) is 19.8 Å². The van der Waals surface area contributed by atoms with E-state index in [1.807, 2.05) is 32.0 Å². The average molecular weight is 372 g/mol. The summed E-state index contributed by atoms with van der Waals surface area (Å²) in [5.41, 5.74) is 2.81. The molecule has 1 atom stereocenters. The summed E-state index contributed by atoms with van der Waals surface area (Å²) in [6.07, 6.45) is 3.06. The minimum Gasteiger partial charge on any atom is -0.338 e. The second-order valence-corrected chi connectivity index (χ2v) is 7.25. The van der Waals surface area contributed by atoms with Crippen molar-refractivity contribution in [2.75, 3.05) is 18.4 Å². The van der Waals surface area contributed by atoms with Crippen LogP contribution in [0.4, 0.5) is 5.82 Å². The summed E-state index contributed by atoms with van der Waals surface area (Å²) < 4.78 is 0. The number of halogens is 1. The van der Waals surface area contributed by atoms with Gasteiger partial charge in [0.1, 0.15) is 5.82 Å². The van der Waals surface area contributed by atoms with Crippen LogP contribution in [-0.2, 0) is 4.79 Å². The maximum absolute atomic E-state index is 12.8. The van der Waals surface area contributed by atoms with E-state index in [4.69, 9.17) is 11.6 Å². The van der Waals surface area contributed by atoms with Gasteiger partial charge in [-0.05, 0) is 51.0 Å². The molecule has 26 heavy (non-hydrogen) atoms. The molecule has 2 heterocycles. The summed E-state index contributed by atoms with van der Waals surface area (Å²) in [4.78, 5) is 31.2. The Kier molecular flexibility index (Phi) is 5.57. The number of nitrogens with one attached hydrogen (secondary N) is 1. The molecule has 1 aromatic heterocycles. The molecule has 0 radical (unpaired) electrons. The Morgan fingerprint density at radius 1 is 1.19 bits per heavy atom. The number of hydrogen-bond acceptors (Lipinski definition) is 3. The van der Waals surface area contributed by atoms with E-state index < -0.39 is 0 Å². The molecule has 0 spiro atoms. The molecule has 0 saturated carbocycles. The first-order chi connectivity index (χ1) is 12.4. The van der Waals surface area contributed by atoms with Crippen molar-refractivity contribution in [3.05, 3.63) is 58.2 Å². The first-order valence-corrected chi connectivity index (χ1v) is 9.10. The van der Waals surface area contributed by atoms with Crippen molar-refractivity contribution < 1.29 is 9.59 Å². The number of anilines is 1. The summed E-state index contributed by atoms with van der Waals surface area (Å²) in [6, 6.07) is 9.19. The number of carbonyl (C=O) groups excluding carboxylic acids is 2. The summed E-state index contributed by atoms with van der Waals surface area (Å²) in [6.45, 7) is 5.06. The molecule has 6 heteroatoms. The Labute approximate surface area is 158 Å². The van der Waals surface area contributed by atoms with Crippen molar-refractivity contribution in [2.24, 2.45) is 5.92 Å². The molecule has 1 saturated heterocycles. The van der Waals surface area contributed by atoms with E-state index in [2.05, 4.69) is 10.3 Å². The number of pyridine rings is 1. The molecule has 0 bridgehead atoms. The molecule has 2 amide bonds. The van der Waals surface area contributed by atoms with Gasteiger partial charge in [0.25, 0.3) is 5.91 Å². The molecule has 1 N–H and O–H groups in total. The third-order valence-electron chi connectivity index (χ3n) is 4.53. The highest BCUT2D eigenvalue weighted by atomic mass is 35.5. The normalized spacial score (nSPS) is 17.0. The predicted octanol–water partition coefficient (Wildman–Crippen LogP) is 3.84. The lowest BCUT2D eigenvalue weighted by molar-refractivity contribution is -0.121. The van der Waals surface area contributed by atoms with Gasteiger partial charge in [-0.25, -0.2) is 4.98 Å². The Bertz CT molecular complexity index is 800. The van der Waals surface area contributed by atoms with Crippen molar-refractivity contribution in [2.45, 2.75) is 26.7 Å². The number of amides is 2. The molecule has 1 aliphatic heterocycles. The minimum absolute atomic E-state index is 0.0149. The number of aromatic nitrogens is 1. The Morgan fingerprint density at radius 3 is 2.58 bits per heavy atom. The maximum Gasteiger partial charge on any atom is 0.253 e. The average Bonchev–Trinajstić information content (AvgIpc) is 2.62. The van der Waals surface area contributed by atoms with Crippen molar-refractivity contribution in [3.63, 3.8) is 0 Å². The van der Waals surface area contributed by atoms with Gasteiger partial charge >= 0.3 is 0 Å². The molecule has 136 valence electrons. The molecule has 1 aromatic carbocycles. The molecular formula is C20H22ClN3O2. The molecule has 0 unspecified atom stereocenters. The summed E-state index contributed by atoms with van der Waals surface area (Å²) in [5, 5.41) is 3.33. The first-order valence-electron chi connectivity index (χ1n) is 8.72. The van der Waals surface area contributed by atoms with Crippen LogP contribution in [0.25, 0.3) is 0 Å². The SMILES string of the molecule is Cc1cc(C)cc(C(=O)N2CCC[C@@H](C(=O)Nc3ccc(Cl)cn3)C2)c1. The summed E-state index contributed by atoms with van der Waals surface area (Å²) in [7, 11) is 0. The number of likely N-dealkylation sites (tertiary alicyclic amines) is 1. The molecular weight excluding hydrogens is 350 g/mol. The van der Waals surface area contributed by atoms with Crippen LogP contribution in [0.5, 0.6) is 0 Å². The van der Waals surface area contributed by atoms with Crippen LogP contribution in [0.1, 0.15) is 34.3 Å². The fourth-order valence-electron chi connectivity index (χ4n) is 3.33. The van der Waals surface area contributed by atoms with Gasteiger partial charge in [-0.15, -0.1) is 0 Å². The number of carbonyl (C=O) groups is 2. The maximum atomic E-state index is 12.8. The minimum atomic E-state index is -0.240. The fourth-order valence-corrected chi connectivity index (χ4v) is 3.45. The highest BCUT2D eigenvalue weighted by molar-refractivity contribution is 6.30.